The van der Waals surface area contributed by atoms with Gasteiger partial charge in [0.1, 0.15) is 12.1 Å². The van der Waals surface area contributed by atoms with Gasteiger partial charge in [0.15, 0.2) is 0 Å². The fourth-order valence-corrected chi connectivity index (χ4v) is 4.04. The van der Waals surface area contributed by atoms with E-state index >= 15 is 0 Å². The van der Waals surface area contributed by atoms with Crippen LogP contribution in [-0.2, 0) is 0 Å². The number of nitrogens with two attached hydrogens (primary N) is 1. The maximum Gasteiger partial charge on any atom is 0.250 e. The van der Waals surface area contributed by atoms with Crippen LogP contribution in [0.1, 0.15) is 23.2 Å². The summed E-state index contributed by atoms with van der Waals surface area (Å²) in [4.78, 5) is 20.4. The maximum absolute atomic E-state index is 11.7. The fourth-order valence-electron chi connectivity index (χ4n) is 4.04. The molecule has 2 aromatic rings. The van der Waals surface area contributed by atoms with Crippen LogP contribution in [0.25, 0.3) is 10.9 Å². The van der Waals surface area contributed by atoms with E-state index in [0.29, 0.717) is 22.9 Å². The number of piperidine rings is 1. The second-order valence-corrected chi connectivity index (χ2v) is 6.91. The number of fused-ring (bicyclic) bond motifs is 1. The van der Waals surface area contributed by atoms with Gasteiger partial charge in [-0.3, -0.25) is 4.79 Å². The van der Waals surface area contributed by atoms with Crippen molar-refractivity contribution in [2.45, 2.75) is 18.9 Å². The number of primary amides is 1. The average molecular weight is 349 g/mol. The van der Waals surface area contributed by atoms with Crippen molar-refractivity contribution < 1.29 is 4.79 Å². The molecule has 1 aliphatic heterocycles. The van der Waals surface area contributed by atoms with Gasteiger partial charge in [-0.25, -0.2) is 9.97 Å². The minimum absolute atomic E-state index is 0.264. The third-order valence-corrected chi connectivity index (χ3v) is 5.35. The highest BCUT2D eigenvalue weighted by molar-refractivity contribution is 6.06. The summed E-state index contributed by atoms with van der Waals surface area (Å²) in [5.74, 6) is 1.35. The molecule has 0 saturated carbocycles. The molecule has 0 radical (unpaired) electrons. The molecule has 4 N–H and O–H groups in total. The van der Waals surface area contributed by atoms with Gasteiger partial charge in [-0.2, -0.15) is 0 Å². The summed E-state index contributed by atoms with van der Waals surface area (Å²) in [6, 6.07) is 5.71. The van der Waals surface area contributed by atoms with Crippen LogP contribution in [0.15, 0.2) is 48.8 Å². The zero-order chi connectivity index (χ0) is 17.9. The molecule has 26 heavy (non-hydrogen) atoms. The smallest absolute Gasteiger partial charge is 0.250 e. The molecule has 4 rings (SSSR count). The predicted molar refractivity (Wildman–Crippen MR) is 103 cm³/mol. The molecule has 1 aromatic carbocycles. The van der Waals surface area contributed by atoms with E-state index in [1.165, 1.54) is 6.33 Å². The number of anilines is 1. The normalized spacial score (nSPS) is 25.3. The van der Waals surface area contributed by atoms with Gasteiger partial charge in [-0.1, -0.05) is 30.4 Å². The molecule has 1 aliphatic carbocycles. The number of amides is 1. The molecule has 2 heterocycles. The maximum atomic E-state index is 11.7. The Balaban J connectivity index is 1.65. The van der Waals surface area contributed by atoms with Crippen molar-refractivity contribution in [1.29, 1.82) is 0 Å². The molecule has 3 atom stereocenters. The zero-order valence-electron chi connectivity index (χ0n) is 14.6. The largest absolute Gasteiger partial charge is 0.366 e. The van der Waals surface area contributed by atoms with E-state index in [1.54, 1.807) is 6.07 Å². The molecule has 0 spiro atoms. The number of hydrogen-bond donors (Lipinski definition) is 3. The van der Waals surface area contributed by atoms with Crippen LogP contribution in [0.2, 0.25) is 0 Å². The molecule has 1 fully saturated rings. The van der Waals surface area contributed by atoms with Gasteiger partial charge in [-0.05, 0) is 43.4 Å². The molecule has 1 saturated heterocycles. The second kappa shape index (κ2) is 7.25. The average Bonchev–Trinajstić information content (AvgIpc) is 2.69. The van der Waals surface area contributed by atoms with Crippen molar-refractivity contribution >= 4 is 22.6 Å². The predicted octanol–water partition coefficient (Wildman–Crippen LogP) is 2.25. The minimum atomic E-state index is -0.475. The lowest BCUT2D eigenvalue weighted by Gasteiger charge is -2.37. The molecule has 1 amide bonds. The standard InChI is InChI=1S/C20H23N5O/c21-19(26)15-7-4-8-16-18(15)23-12-24-20(16)25-17-11-22-10-9-14(17)13-5-2-1-3-6-13/h1-5,7-8,12-14,17,22H,6,9-11H2,(H2,21,26)(H,23,24,25)/t13?,14-,17-/m0/s1. The fraction of sp³-hybridized carbons (Fsp3) is 0.350. The first-order valence-electron chi connectivity index (χ1n) is 9.08. The lowest BCUT2D eigenvalue weighted by molar-refractivity contribution is 0.100. The van der Waals surface area contributed by atoms with E-state index in [1.807, 2.05) is 12.1 Å². The topological polar surface area (TPSA) is 92.9 Å². The van der Waals surface area contributed by atoms with E-state index in [9.17, 15) is 4.79 Å². The van der Waals surface area contributed by atoms with Crippen LogP contribution in [0, 0.1) is 11.8 Å². The van der Waals surface area contributed by atoms with E-state index in [-0.39, 0.29) is 6.04 Å². The second-order valence-electron chi connectivity index (χ2n) is 6.91. The molecule has 2 aliphatic rings. The summed E-state index contributed by atoms with van der Waals surface area (Å²) in [6.07, 6.45) is 12.5. The Kier molecular flexibility index (Phi) is 4.67. The Morgan fingerprint density at radius 1 is 1.27 bits per heavy atom. The Morgan fingerprint density at radius 3 is 3.00 bits per heavy atom. The van der Waals surface area contributed by atoms with E-state index < -0.39 is 5.91 Å². The number of rotatable bonds is 4. The van der Waals surface area contributed by atoms with Gasteiger partial charge in [0.2, 0.25) is 0 Å². The SMILES string of the molecule is NC(=O)c1cccc2c(N[C@H]3CNCC[C@H]3C3C=CC=CC3)ncnc12. The van der Waals surface area contributed by atoms with Gasteiger partial charge in [0.05, 0.1) is 11.1 Å². The Morgan fingerprint density at radius 2 is 2.19 bits per heavy atom. The van der Waals surface area contributed by atoms with Gasteiger partial charge < -0.3 is 16.4 Å². The lowest BCUT2D eigenvalue weighted by atomic mass is 9.78. The first-order chi connectivity index (χ1) is 12.7. The summed E-state index contributed by atoms with van der Waals surface area (Å²) < 4.78 is 0. The number of benzene rings is 1. The van der Waals surface area contributed by atoms with E-state index in [4.69, 9.17) is 5.73 Å². The quantitative estimate of drug-likeness (QED) is 0.787. The van der Waals surface area contributed by atoms with Gasteiger partial charge >= 0.3 is 0 Å². The van der Waals surface area contributed by atoms with Crippen molar-refractivity contribution in [1.82, 2.24) is 15.3 Å². The Bertz CT molecular complexity index is 876. The number of nitrogens with zero attached hydrogens (tertiary/aromatic N) is 2. The highest BCUT2D eigenvalue weighted by Gasteiger charge is 2.31. The molecule has 134 valence electrons. The summed E-state index contributed by atoms with van der Waals surface area (Å²) >= 11 is 0. The molecule has 1 unspecified atom stereocenters. The third kappa shape index (κ3) is 3.20. The first-order valence-corrected chi connectivity index (χ1v) is 9.08. The van der Waals surface area contributed by atoms with Crippen molar-refractivity contribution in [2.24, 2.45) is 17.6 Å². The number of carbonyl (C=O) groups is 1. The van der Waals surface area contributed by atoms with Crippen molar-refractivity contribution in [3.05, 3.63) is 54.4 Å². The summed E-state index contributed by atoms with van der Waals surface area (Å²) in [7, 11) is 0. The third-order valence-electron chi connectivity index (χ3n) is 5.35. The monoisotopic (exact) mass is 349 g/mol. The molecule has 6 nitrogen and oxygen atoms in total. The molecular formula is C20H23N5O. The Hall–Kier alpha value is -2.73. The number of aromatic nitrogens is 2. The van der Waals surface area contributed by atoms with Crippen LogP contribution < -0.4 is 16.4 Å². The molecule has 6 heteroatoms. The Labute approximate surface area is 152 Å². The zero-order valence-corrected chi connectivity index (χ0v) is 14.6. The first kappa shape index (κ1) is 16.7. The highest BCUT2D eigenvalue weighted by Crippen LogP contribution is 2.31. The highest BCUT2D eigenvalue weighted by atomic mass is 16.1. The van der Waals surface area contributed by atoms with Gasteiger partial charge in [0, 0.05) is 18.0 Å². The summed E-state index contributed by atoms with van der Waals surface area (Å²) in [6.45, 7) is 1.92. The summed E-state index contributed by atoms with van der Waals surface area (Å²) in [5, 5.41) is 7.92. The number of nitrogens with one attached hydrogen (secondary N) is 2. The van der Waals surface area contributed by atoms with E-state index in [0.717, 1.165) is 37.1 Å². The summed E-state index contributed by atoms with van der Waals surface area (Å²) in [5.41, 5.74) is 6.51. The van der Waals surface area contributed by atoms with Crippen LogP contribution in [0.3, 0.4) is 0 Å². The molecular weight excluding hydrogens is 326 g/mol. The van der Waals surface area contributed by atoms with Crippen molar-refractivity contribution in [3.63, 3.8) is 0 Å². The van der Waals surface area contributed by atoms with Crippen molar-refractivity contribution in [3.8, 4) is 0 Å². The molecule has 1 aromatic heterocycles. The number of para-hydroxylation sites is 1. The van der Waals surface area contributed by atoms with Crippen molar-refractivity contribution in [2.75, 3.05) is 18.4 Å². The van der Waals surface area contributed by atoms with Gasteiger partial charge in [0.25, 0.3) is 5.91 Å². The van der Waals surface area contributed by atoms with Gasteiger partial charge in [-0.15, -0.1) is 0 Å². The minimum Gasteiger partial charge on any atom is -0.366 e. The molecule has 0 bridgehead atoms. The number of carbonyl (C=O) groups excluding carboxylic acids is 1. The van der Waals surface area contributed by atoms with E-state index in [2.05, 4.69) is 44.9 Å². The van der Waals surface area contributed by atoms with Crippen LogP contribution in [0.4, 0.5) is 5.82 Å². The number of hydrogen-bond acceptors (Lipinski definition) is 5. The lowest BCUT2D eigenvalue weighted by Crippen LogP contribution is -2.47. The van der Waals surface area contributed by atoms with Crippen LogP contribution in [-0.4, -0.2) is 35.0 Å². The number of allylic oxidation sites excluding steroid dienone is 4. The van der Waals surface area contributed by atoms with Crippen LogP contribution in [0.5, 0.6) is 0 Å². The van der Waals surface area contributed by atoms with Crippen LogP contribution >= 0.6 is 0 Å².